The molecule has 3 heterocycles. The number of rotatable bonds is 5. The number of anilines is 1. The first-order chi connectivity index (χ1) is 16.5. The van der Waals surface area contributed by atoms with E-state index in [1.165, 1.54) is 5.56 Å². The van der Waals surface area contributed by atoms with E-state index < -0.39 is 0 Å². The monoisotopic (exact) mass is 477 g/mol. The largest absolute Gasteiger partial charge is 0.372 e. The molecule has 0 spiro atoms. The Morgan fingerprint density at radius 2 is 1.74 bits per heavy atom. The van der Waals surface area contributed by atoms with Gasteiger partial charge in [0.05, 0.1) is 18.0 Å². The molecule has 2 aliphatic rings. The molecule has 2 aliphatic heterocycles. The molecule has 178 valence electrons. The summed E-state index contributed by atoms with van der Waals surface area (Å²) in [6.45, 7) is 6.31. The molecular weight excluding hydrogens is 446 g/mol. The molecular formula is C27H31N3O3S. The lowest BCUT2D eigenvalue weighted by atomic mass is 10.0. The molecule has 2 atom stereocenters. The lowest BCUT2D eigenvalue weighted by Crippen LogP contribution is -2.49. The van der Waals surface area contributed by atoms with E-state index in [-0.39, 0.29) is 30.6 Å². The Morgan fingerprint density at radius 3 is 2.56 bits per heavy atom. The number of morpholine rings is 1. The highest BCUT2D eigenvalue weighted by atomic mass is 32.2. The highest BCUT2D eigenvalue weighted by molar-refractivity contribution is 8.00. The van der Waals surface area contributed by atoms with Crippen LogP contribution in [0.1, 0.15) is 25.8 Å². The fraction of sp³-hybridized carbons (Fsp3) is 0.407. The maximum absolute atomic E-state index is 13.1. The molecule has 2 aromatic carbocycles. The number of fused-ring (bicyclic) bond motifs is 2. The van der Waals surface area contributed by atoms with E-state index >= 15 is 0 Å². The smallest absolute Gasteiger partial charge is 0.242 e. The van der Waals surface area contributed by atoms with Crippen LogP contribution in [0.3, 0.4) is 0 Å². The molecule has 1 aromatic heterocycles. The van der Waals surface area contributed by atoms with Crippen molar-refractivity contribution in [3.63, 3.8) is 0 Å². The molecule has 0 aliphatic carbocycles. The summed E-state index contributed by atoms with van der Waals surface area (Å²) < 4.78 is 7.80. The van der Waals surface area contributed by atoms with Crippen LogP contribution in [0.25, 0.3) is 10.9 Å². The lowest BCUT2D eigenvalue weighted by Gasteiger charge is -2.35. The van der Waals surface area contributed by atoms with Gasteiger partial charge in [0.1, 0.15) is 6.54 Å². The molecule has 1 saturated heterocycles. The fourth-order valence-electron chi connectivity index (χ4n) is 5.10. The summed E-state index contributed by atoms with van der Waals surface area (Å²) in [5, 5.41) is 1.08. The molecule has 0 radical (unpaired) electrons. The predicted octanol–water partition coefficient (Wildman–Crippen LogP) is 4.35. The third-order valence-corrected chi connectivity index (χ3v) is 7.62. The van der Waals surface area contributed by atoms with Crippen molar-refractivity contribution in [2.75, 3.05) is 30.3 Å². The number of thioether (sulfide) groups is 1. The molecule has 0 bridgehead atoms. The van der Waals surface area contributed by atoms with Crippen molar-refractivity contribution >= 4 is 40.2 Å². The summed E-state index contributed by atoms with van der Waals surface area (Å²) in [5.74, 6) is 0.594. The number of hydrogen-bond acceptors (Lipinski definition) is 4. The number of hydrogen-bond donors (Lipinski definition) is 0. The third-order valence-electron chi connectivity index (χ3n) is 6.59. The number of amides is 2. The quantitative estimate of drug-likeness (QED) is 0.513. The van der Waals surface area contributed by atoms with Gasteiger partial charge in [-0.15, -0.1) is 11.8 Å². The zero-order chi connectivity index (χ0) is 23.7. The first kappa shape index (κ1) is 23.0. The summed E-state index contributed by atoms with van der Waals surface area (Å²) in [6, 6.07) is 16.3. The Balaban J connectivity index is 1.31. The van der Waals surface area contributed by atoms with Crippen LogP contribution < -0.4 is 4.90 Å². The standard InChI is InChI=1S/C27H31N3O3S/c1-19-14-29(15-20(2)33-19)26(31)17-28-16-25(22-10-4-6-12-24(22)28)34-18-27(32)30-13-7-9-21-8-3-5-11-23(21)30/h3-6,8,10-12,16,19-20H,7,9,13-15,17-18H2,1-2H3/t19-,20-/m0/s1. The van der Waals surface area contributed by atoms with Crippen LogP contribution >= 0.6 is 11.8 Å². The van der Waals surface area contributed by atoms with Crippen molar-refractivity contribution in [1.82, 2.24) is 9.47 Å². The number of para-hydroxylation sites is 2. The van der Waals surface area contributed by atoms with Crippen LogP contribution in [-0.2, 0) is 27.3 Å². The van der Waals surface area contributed by atoms with E-state index in [1.54, 1.807) is 11.8 Å². The second-order valence-corrected chi connectivity index (χ2v) is 10.3. The first-order valence-corrected chi connectivity index (χ1v) is 13.0. The van der Waals surface area contributed by atoms with Gasteiger partial charge >= 0.3 is 0 Å². The molecule has 6 nitrogen and oxygen atoms in total. The molecule has 0 unspecified atom stereocenters. The van der Waals surface area contributed by atoms with E-state index in [0.29, 0.717) is 18.8 Å². The Labute approximate surface area is 204 Å². The third kappa shape index (κ3) is 4.72. The Kier molecular flexibility index (Phi) is 6.66. The van der Waals surface area contributed by atoms with Gasteiger partial charge in [0.2, 0.25) is 11.8 Å². The van der Waals surface area contributed by atoms with E-state index in [0.717, 1.165) is 40.9 Å². The van der Waals surface area contributed by atoms with Gasteiger partial charge in [-0.1, -0.05) is 36.4 Å². The van der Waals surface area contributed by atoms with Gasteiger partial charge in [0.15, 0.2) is 0 Å². The topological polar surface area (TPSA) is 54.8 Å². The molecule has 34 heavy (non-hydrogen) atoms. The van der Waals surface area contributed by atoms with Gasteiger partial charge in [-0.2, -0.15) is 0 Å². The average Bonchev–Trinajstić information content (AvgIpc) is 3.19. The normalized spacial score (nSPS) is 20.4. The molecule has 0 saturated carbocycles. The number of ether oxygens (including phenoxy) is 1. The van der Waals surface area contributed by atoms with Gasteiger partial charge < -0.3 is 19.1 Å². The summed E-state index contributed by atoms with van der Waals surface area (Å²) in [4.78, 5) is 31.1. The number of carbonyl (C=O) groups excluding carboxylic acids is 2. The minimum atomic E-state index is 0.0474. The number of carbonyl (C=O) groups is 2. The highest BCUT2D eigenvalue weighted by Gasteiger charge is 2.27. The van der Waals surface area contributed by atoms with Crippen molar-refractivity contribution in [2.24, 2.45) is 0 Å². The summed E-state index contributed by atoms with van der Waals surface area (Å²) >= 11 is 1.55. The molecule has 3 aromatic rings. The molecule has 5 rings (SSSR count). The fourth-order valence-corrected chi connectivity index (χ4v) is 6.06. The number of benzene rings is 2. The Morgan fingerprint density at radius 1 is 1.00 bits per heavy atom. The number of aryl methyl sites for hydroxylation is 1. The van der Waals surface area contributed by atoms with Crippen LogP contribution in [-0.4, -0.2) is 58.9 Å². The van der Waals surface area contributed by atoms with Crippen LogP contribution in [0, 0.1) is 0 Å². The van der Waals surface area contributed by atoms with Crippen molar-refractivity contribution < 1.29 is 14.3 Å². The maximum atomic E-state index is 13.1. The SMILES string of the molecule is C[C@H]1CN(C(=O)Cn2cc(SCC(=O)N3CCCc4ccccc43)c3ccccc32)C[C@H](C)O1. The van der Waals surface area contributed by atoms with Crippen molar-refractivity contribution in [1.29, 1.82) is 0 Å². The summed E-state index contributed by atoms with van der Waals surface area (Å²) in [7, 11) is 0. The lowest BCUT2D eigenvalue weighted by molar-refractivity contribution is -0.143. The van der Waals surface area contributed by atoms with E-state index in [4.69, 9.17) is 4.74 Å². The van der Waals surface area contributed by atoms with E-state index in [2.05, 4.69) is 12.1 Å². The minimum Gasteiger partial charge on any atom is -0.372 e. The predicted molar refractivity (Wildman–Crippen MR) is 136 cm³/mol. The van der Waals surface area contributed by atoms with Crippen molar-refractivity contribution in [2.45, 2.75) is 50.3 Å². The van der Waals surface area contributed by atoms with Gasteiger partial charge in [-0.25, -0.2) is 0 Å². The highest BCUT2D eigenvalue weighted by Crippen LogP contribution is 2.32. The Hall–Kier alpha value is -2.77. The molecule has 1 fully saturated rings. The molecule has 7 heteroatoms. The van der Waals surface area contributed by atoms with E-state index in [9.17, 15) is 9.59 Å². The Bertz CT molecular complexity index is 1200. The average molecular weight is 478 g/mol. The van der Waals surface area contributed by atoms with Crippen LogP contribution in [0.2, 0.25) is 0 Å². The van der Waals surface area contributed by atoms with Crippen LogP contribution in [0.4, 0.5) is 5.69 Å². The van der Waals surface area contributed by atoms with Crippen molar-refractivity contribution in [3.8, 4) is 0 Å². The minimum absolute atomic E-state index is 0.0474. The molecule has 0 N–H and O–H groups in total. The van der Waals surface area contributed by atoms with Gasteiger partial charge in [0, 0.05) is 47.3 Å². The van der Waals surface area contributed by atoms with Gasteiger partial charge in [0.25, 0.3) is 0 Å². The van der Waals surface area contributed by atoms with Crippen molar-refractivity contribution in [3.05, 3.63) is 60.3 Å². The molecule has 2 amide bonds. The van der Waals surface area contributed by atoms with Crippen LogP contribution in [0.15, 0.2) is 59.6 Å². The second-order valence-electron chi connectivity index (χ2n) is 9.26. The van der Waals surface area contributed by atoms with Gasteiger partial charge in [-0.05, 0) is 44.4 Å². The summed E-state index contributed by atoms with van der Waals surface area (Å²) in [5.41, 5.74) is 3.30. The zero-order valence-electron chi connectivity index (χ0n) is 19.8. The summed E-state index contributed by atoms with van der Waals surface area (Å²) in [6.07, 6.45) is 4.14. The maximum Gasteiger partial charge on any atom is 0.242 e. The van der Waals surface area contributed by atoms with Crippen LogP contribution in [0.5, 0.6) is 0 Å². The second kappa shape index (κ2) is 9.84. The van der Waals surface area contributed by atoms with Gasteiger partial charge in [-0.3, -0.25) is 9.59 Å². The number of aromatic nitrogens is 1. The zero-order valence-corrected chi connectivity index (χ0v) is 20.6. The van der Waals surface area contributed by atoms with E-state index in [1.807, 2.05) is 70.8 Å². The number of nitrogens with zero attached hydrogens (tertiary/aromatic N) is 3. The first-order valence-electron chi connectivity index (χ1n) is 12.0.